The van der Waals surface area contributed by atoms with Gasteiger partial charge in [-0.1, -0.05) is 48.5 Å². The lowest BCUT2D eigenvalue weighted by Crippen LogP contribution is -2.59. The lowest BCUT2D eigenvalue weighted by Gasteiger charge is -2.50. The van der Waals surface area contributed by atoms with Gasteiger partial charge in [0.2, 0.25) is 0 Å². The lowest BCUT2D eigenvalue weighted by molar-refractivity contribution is -0.000119. The Morgan fingerprint density at radius 1 is 0.960 bits per heavy atom. The average molecular weight is 334 g/mol. The maximum Gasteiger partial charge on any atom is 0.254 e. The summed E-state index contributed by atoms with van der Waals surface area (Å²) in [5.74, 6) is 1.36. The minimum Gasteiger partial charge on any atom is -0.335 e. The van der Waals surface area contributed by atoms with Gasteiger partial charge in [-0.2, -0.15) is 0 Å². The lowest BCUT2D eigenvalue weighted by atomic mass is 9.77. The third kappa shape index (κ3) is 3.47. The average Bonchev–Trinajstić information content (AvgIpc) is 2.64. The molecule has 2 heterocycles. The van der Waals surface area contributed by atoms with E-state index < -0.39 is 0 Å². The molecule has 25 heavy (non-hydrogen) atoms. The quantitative estimate of drug-likeness (QED) is 0.860. The Hall–Kier alpha value is -2.13. The summed E-state index contributed by atoms with van der Waals surface area (Å²) in [6.07, 6.45) is 2.20. The first kappa shape index (κ1) is 16.3. The number of carbonyl (C=O) groups excluding carboxylic acids is 1. The normalized spacial score (nSPS) is 26.4. The van der Waals surface area contributed by atoms with E-state index in [1.165, 1.54) is 12.0 Å². The molecule has 2 fully saturated rings. The number of hydrogen-bond acceptors (Lipinski definition) is 2. The summed E-state index contributed by atoms with van der Waals surface area (Å²) in [7, 11) is 2.22. The molecular weight excluding hydrogens is 308 g/mol. The fourth-order valence-electron chi connectivity index (χ4n) is 4.68. The van der Waals surface area contributed by atoms with Gasteiger partial charge in [-0.3, -0.25) is 4.79 Å². The van der Waals surface area contributed by atoms with Gasteiger partial charge < -0.3 is 9.80 Å². The first-order chi connectivity index (χ1) is 12.2. The summed E-state index contributed by atoms with van der Waals surface area (Å²) in [5, 5.41) is 0. The van der Waals surface area contributed by atoms with Gasteiger partial charge in [-0.25, -0.2) is 0 Å². The zero-order valence-electron chi connectivity index (χ0n) is 14.8. The molecule has 3 heteroatoms. The number of piperidine rings is 2. The maximum atomic E-state index is 13.2. The summed E-state index contributed by atoms with van der Waals surface area (Å²) in [4.78, 5) is 17.8. The minimum absolute atomic E-state index is 0.195. The number of hydrogen-bond donors (Lipinski definition) is 0. The van der Waals surface area contributed by atoms with Crippen molar-refractivity contribution in [3.63, 3.8) is 0 Å². The summed E-state index contributed by atoms with van der Waals surface area (Å²) < 4.78 is 0. The van der Waals surface area contributed by atoms with Crippen LogP contribution < -0.4 is 0 Å². The molecule has 3 nitrogen and oxygen atoms in total. The number of likely N-dealkylation sites (tertiary alicyclic amines) is 2. The van der Waals surface area contributed by atoms with E-state index in [0.717, 1.165) is 31.6 Å². The van der Waals surface area contributed by atoms with Crippen LogP contribution in [-0.4, -0.2) is 48.4 Å². The second-order valence-electron chi connectivity index (χ2n) is 7.66. The molecule has 0 radical (unpaired) electrons. The Bertz CT molecular complexity index is 713. The Morgan fingerprint density at radius 3 is 2.36 bits per heavy atom. The molecule has 0 saturated carbocycles. The van der Waals surface area contributed by atoms with Crippen LogP contribution in [0.4, 0.5) is 0 Å². The zero-order valence-corrected chi connectivity index (χ0v) is 14.8. The van der Waals surface area contributed by atoms with Crippen molar-refractivity contribution in [3.8, 4) is 0 Å². The van der Waals surface area contributed by atoms with Crippen LogP contribution in [0.1, 0.15) is 22.3 Å². The van der Waals surface area contributed by atoms with E-state index in [-0.39, 0.29) is 11.9 Å². The third-order valence-electron chi connectivity index (χ3n) is 5.72. The highest BCUT2D eigenvalue weighted by molar-refractivity contribution is 5.94. The molecule has 0 unspecified atom stereocenters. The first-order valence-corrected chi connectivity index (χ1v) is 9.29. The van der Waals surface area contributed by atoms with Crippen LogP contribution in [0, 0.1) is 11.8 Å². The van der Waals surface area contributed by atoms with Crippen LogP contribution in [0.2, 0.25) is 0 Å². The van der Waals surface area contributed by atoms with Crippen LogP contribution in [0.15, 0.2) is 60.7 Å². The standard InChI is InChI=1S/C22H26N2O/c1-23-14-18-12-20(16-23)21(13-17-8-4-2-5-9-17)24(15-18)22(25)19-10-6-3-7-11-19/h2-11,18,20-21H,12-16H2,1H3/t18-,20+,21+/m1/s1. The van der Waals surface area contributed by atoms with Gasteiger partial charge in [0.1, 0.15) is 0 Å². The van der Waals surface area contributed by atoms with Crippen LogP contribution in [0.5, 0.6) is 0 Å². The number of nitrogens with zero attached hydrogens (tertiary/aromatic N) is 2. The number of rotatable bonds is 3. The second-order valence-corrected chi connectivity index (χ2v) is 7.66. The minimum atomic E-state index is 0.195. The van der Waals surface area contributed by atoms with E-state index in [1.54, 1.807) is 0 Å². The maximum absolute atomic E-state index is 13.2. The largest absolute Gasteiger partial charge is 0.335 e. The van der Waals surface area contributed by atoms with Gasteiger partial charge in [0.05, 0.1) is 0 Å². The Labute approximate surface area is 150 Å². The van der Waals surface area contributed by atoms with Crippen molar-refractivity contribution in [2.75, 3.05) is 26.7 Å². The van der Waals surface area contributed by atoms with Gasteiger partial charge in [0, 0.05) is 31.2 Å². The molecule has 2 saturated heterocycles. The van der Waals surface area contributed by atoms with Crippen molar-refractivity contribution < 1.29 is 4.79 Å². The smallest absolute Gasteiger partial charge is 0.254 e. The fourth-order valence-corrected chi connectivity index (χ4v) is 4.68. The molecule has 2 aliphatic rings. The van der Waals surface area contributed by atoms with E-state index in [1.807, 2.05) is 30.3 Å². The van der Waals surface area contributed by atoms with Gasteiger partial charge in [-0.05, 0) is 49.4 Å². The molecule has 2 bridgehead atoms. The molecule has 3 atom stereocenters. The number of benzene rings is 2. The monoisotopic (exact) mass is 334 g/mol. The summed E-state index contributed by atoms with van der Waals surface area (Å²) in [6.45, 7) is 3.08. The van der Waals surface area contributed by atoms with E-state index in [4.69, 9.17) is 0 Å². The number of carbonyl (C=O) groups is 1. The van der Waals surface area contributed by atoms with E-state index in [9.17, 15) is 4.79 Å². The van der Waals surface area contributed by atoms with Crippen molar-refractivity contribution in [1.29, 1.82) is 0 Å². The van der Waals surface area contributed by atoms with Crippen LogP contribution in [0.3, 0.4) is 0 Å². The molecule has 2 aromatic rings. The predicted molar refractivity (Wildman–Crippen MR) is 101 cm³/mol. The predicted octanol–water partition coefficient (Wildman–Crippen LogP) is 3.32. The molecule has 130 valence electrons. The SMILES string of the molecule is CN1C[C@H]2C[C@@H](C1)[C@H](Cc1ccccc1)N(C(=O)c1ccccc1)C2. The van der Waals surface area contributed by atoms with Gasteiger partial charge in [0.15, 0.2) is 0 Å². The molecule has 0 spiro atoms. The summed E-state index contributed by atoms with van der Waals surface area (Å²) in [5.41, 5.74) is 2.14. The number of fused-ring (bicyclic) bond motifs is 2. The van der Waals surface area contributed by atoms with Gasteiger partial charge in [0.25, 0.3) is 5.91 Å². The van der Waals surface area contributed by atoms with E-state index in [2.05, 4.69) is 47.2 Å². The Kier molecular flexibility index (Phi) is 4.58. The molecule has 0 aromatic heterocycles. The summed E-state index contributed by atoms with van der Waals surface area (Å²) >= 11 is 0. The van der Waals surface area contributed by atoms with Gasteiger partial charge in [-0.15, -0.1) is 0 Å². The van der Waals surface area contributed by atoms with Crippen molar-refractivity contribution in [1.82, 2.24) is 9.80 Å². The highest BCUT2D eigenvalue weighted by Crippen LogP contribution is 2.35. The second kappa shape index (κ2) is 7.01. The Balaban J connectivity index is 1.63. The highest BCUT2D eigenvalue weighted by atomic mass is 16.2. The molecule has 2 aromatic carbocycles. The van der Waals surface area contributed by atoms with Crippen LogP contribution in [-0.2, 0) is 6.42 Å². The summed E-state index contributed by atoms with van der Waals surface area (Å²) in [6, 6.07) is 20.7. The molecule has 2 aliphatic heterocycles. The molecule has 4 rings (SSSR count). The van der Waals surface area contributed by atoms with Crippen LogP contribution >= 0.6 is 0 Å². The van der Waals surface area contributed by atoms with E-state index >= 15 is 0 Å². The van der Waals surface area contributed by atoms with Crippen molar-refractivity contribution in [2.24, 2.45) is 11.8 Å². The molecular formula is C22H26N2O. The molecule has 0 N–H and O–H groups in total. The van der Waals surface area contributed by atoms with Crippen molar-refractivity contribution in [2.45, 2.75) is 18.9 Å². The third-order valence-corrected chi connectivity index (χ3v) is 5.72. The van der Waals surface area contributed by atoms with Crippen LogP contribution in [0.25, 0.3) is 0 Å². The molecule has 0 aliphatic carbocycles. The highest BCUT2D eigenvalue weighted by Gasteiger charge is 2.42. The molecule has 1 amide bonds. The zero-order chi connectivity index (χ0) is 17.2. The topological polar surface area (TPSA) is 23.6 Å². The van der Waals surface area contributed by atoms with Gasteiger partial charge >= 0.3 is 0 Å². The van der Waals surface area contributed by atoms with Crippen molar-refractivity contribution in [3.05, 3.63) is 71.8 Å². The van der Waals surface area contributed by atoms with E-state index in [0.29, 0.717) is 11.8 Å². The first-order valence-electron chi connectivity index (χ1n) is 9.29. The van der Waals surface area contributed by atoms with Crippen molar-refractivity contribution >= 4 is 5.91 Å². The Morgan fingerprint density at radius 2 is 1.64 bits per heavy atom. The fraction of sp³-hybridized carbons (Fsp3) is 0.409. The number of amides is 1.